The van der Waals surface area contributed by atoms with E-state index in [4.69, 9.17) is 17.2 Å². The number of aromatic amines is 1. The molecule has 0 saturated heterocycles. The Morgan fingerprint density at radius 3 is 2.20 bits per heavy atom. The van der Waals surface area contributed by atoms with Crippen LogP contribution in [0.3, 0.4) is 0 Å². The Kier molecular flexibility index (Phi) is 12.6. The van der Waals surface area contributed by atoms with Gasteiger partial charge in [-0.05, 0) is 36.5 Å². The van der Waals surface area contributed by atoms with Crippen LogP contribution >= 0.6 is 0 Å². The van der Waals surface area contributed by atoms with Crippen LogP contribution in [0.4, 0.5) is 0 Å². The number of carbonyl (C=O) groups excluding carboxylic acids is 3. The number of aliphatic carboxylic acids is 1. The standard InChI is InChI=1S/C26H39N9O6/c1-14(2)21(35-22(37)18(27)4-3-9-31-26(28)29)24(39)33-19(11-16-12-30-13-32-16)23(38)34-20(25(40)41)10-15-5-7-17(36)8-6-15/h5-8,12-14,18-21,36H,3-4,9-11,27H2,1-2H3,(H,30,32)(H,33,39)(H,34,38)(H,35,37)(H,40,41)(H4,28,29,31). The van der Waals surface area contributed by atoms with E-state index in [9.17, 15) is 29.4 Å². The molecule has 0 aliphatic heterocycles. The number of carboxylic acid groups (broad SMARTS) is 1. The van der Waals surface area contributed by atoms with Crippen LogP contribution in [-0.4, -0.2) is 80.5 Å². The summed E-state index contributed by atoms with van der Waals surface area (Å²) in [6.45, 7) is 3.74. The minimum Gasteiger partial charge on any atom is -0.508 e. The van der Waals surface area contributed by atoms with Crippen molar-refractivity contribution in [2.75, 3.05) is 6.54 Å². The van der Waals surface area contributed by atoms with Crippen molar-refractivity contribution in [3.05, 3.63) is 48.0 Å². The Hall–Kier alpha value is -4.66. The number of guanidine groups is 1. The highest BCUT2D eigenvalue weighted by Crippen LogP contribution is 2.12. The van der Waals surface area contributed by atoms with Crippen molar-refractivity contribution >= 4 is 29.7 Å². The van der Waals surface area contributed by atoms with Gasteiger partial charge in [0, 0.05) is 31.3 Å². The van der Waals surface area contributed by atoms with E-state index < -0.39 is 47.9 Å². The summed E-state index contributed by atoms with van der Waals surface area (Å²) in [5.74, 6) is -3.65. The Morgan fingerprint density at radius 2 is 1.63 bits per heavy atom. The second-order valence-electron chi connectivity index (χ2n) is 9.90. The van der Waals surface area contributed by atoms with Gasteiger partial charge in [-0.2, -0.15) is 0 Å². The summed E-state index contributed by atoms with van der Waals surface area (Å²) in [5, 5.41) is 27.0. The van der Waals surface area contributed by atoms with E-state index in [-0.39, 0.29) is 36.9 Å². The number of nitrogens with two attached hydrogens (primary N) is 3. The number of carboxylic acids is 1. The first-order valence-corrected chi connectivity index (χ1v) is 13.1. The largest absolute Gasteiger partial charge is 0.508 e. The average molecular weight is 574 g/mol. The van der Waals surface area contributed by atoms with Gasteiger partial charge in [0.25, 0.3) is 0 Å². The molecule has 2 rings (SSSR count). The Labute approximate surface area is 237 Å². The van der Waals surface area contributed by atoms with Crippen molar-refractivity contribution in [2.45, 2.75) is 63.7 Å². The highest BCUT2D eigenvalue weighted by molar-refractivity contribution is 5.94. The number of aromatic hydroxyl groups is 1. The van der Waals surface area contributed by atoms with Gasteiger partial charge in [0.05, 0.1) is 12.4 Å². The van der Waals surface area contributed by atoms with Crippen molar-refractivity contribution in [3.63, 3.8) is 0 Å². The van der Waals surface area contributed by atoms with Gasteiger partial charge >= 0.3 is 5.97 Å². The van der Waals surface area contributed by atoms with Gasteiger partial charge < -0.3 is 48.3 Å². The SMILES string of the molecule is CC(C)C(NC(=O)C(N)CCCN=C(N)N)C(=O)NC(Cc1cnc[nH]1)C(=O)NC(Cc1ccc(O)cc1)C(=O)O. The van der Waals surface area contributed by atoms with Crippen LogP contribution < -0.4 is 33.2 Å². The molecule has 12 N–H and O–H groups in total. The highest BCUT2D eigenvalue weighted by atomic mass is 16.4. The number of carbonyl (C=O) groups is 4. The maximum atomic E-state index is 13.3. The van der Waals surface area contributed by atoms with Gasteiger partial charge in [-0.3, -0.25) is 19.4 Å². The first-order valence-electron chi connectivity index (χ1n) is 13.1. The molecule has 3 amide bonds. The van der Waals surface area contributed by atoms with E-state index in [1.807, 2.05) is 0 Å². The molecule has 1 aromatic heterocycles. The summed E-state index contributed by atoms with van der Waals surface area (Å²) in [6, 6.07) is 1.45. The lowest BCUT2D eigenvalue weighted by Gasteiger charge is -2.27. The molecular formula is C26H39N9O6. The number of benzene rings is 1. The predicted octanol–water partition coefficient (Wildman–Crippen LogP) is -1.52. The minimum atomic E-state index is -1.31. The summed E-state index contributed by atoms with van der Waals surface area (Å²) in [6.07, 6.45) is 3.52. The third-order valence-electron chi connectivity index (χ3n) is 6.15. The summed E-state index contributed by atoms with van der Waals surface area (Å²) in [7, 11) is 0. The fourth-order valence-electron chi connectivity index (χ4n) is 3.87. The molecule has 1 heterocycles. The smallest absolute Gasteiger partial charge is 0.326 e. The number of nitrogens with zero attached hydrogens (tertiary/aromatic N) is 2. The molecule has 4 atom stereocenters. The van der Waals surface area contributed by atoms with Gasteiger partial charge in [-0.25, -0.2) is 9.78 Å². The predicted molar refractivity (Wildman–Crippen MR) is 150 cm³/mol. The van der Waals surface area contributed by atoms with Crippen molar-refractivity contribution in [1.82, 2.24) is 25.9 Å². The average Bonchev–Trinajstić information content (AvgIpc) is 3.42. The fraction of sp³-hybridized carbons (Fsp3) is 0.462. The number of hydrogen-bond donors (Lipinski definition) is 9. The molecule has 1 aromatic carbocycles. The molecule has 0 fully saturated rings. The first-order chi connectivity index (χ1) is 19.4. The first kappa shape index (κ1) is 32.6. The maximum absolute atomic E-state index is 13.3. The summed E-state index contributed by atoms with van der Waals surface area (Å²) in [5.41, 5.74) is 17.6. The number of phenolic OH excluding ortho intramolecular Hbond substituents is 1. The van der Waals surface area contributed by atoms with Crippen LogP contribution in [0.1, 0.15) is 37.9 Å². The van der Waals surface area contributed by atoms with Crippen molar-refractivity contribution < 1.29 is 29.4 Å². The van der Waals surface area contributed by atoms with E-state index in [0.717, 1.165) is 0 Å². The lowest BCUT2D eigenvalue weighted by molar-refractivity contribution is -0.142. The third-order valence-corrected chi connectivity index (χ3v) is 6.15. The number of nitrogens with one attached hydrogen (secondary N) is 4. The van der Waals surface area contributed by atoms with E-state index in [1.54, 1.807) is 26.0 Å². The van der Waals surface area contributed by atoms with Crippen LogP contribution in [0, 0.1) is 5.92 Å². The molecule has 15 nitrogen and oxygen atoms in total. The van der Waals surface area contributed by atoms with Crippen LogP contribution in [0.25, 0.3) is 0 Å². The molecule has 0 aliphatic carbocycles. The summed E-state index contributed by atoms with van der Waals surface area (Å²) >= 11 is 0. The number of rotatable bonds is 16. The summed E-state index contributed by atoms with van der Waals surface area (Å²) in [4.78, 5) is 61.8. The van der Waals surface area contributed by atoms with Crippen LogP contribution in [-0.2, 0) is 32.0 Å². The number of aliphatic imine (C=N–C) groups is 1. The zero-order valence-corrected chi connectivity index (χ0v) is 23.0. The molecule has 0 aliphatic rings. The number of imidazole rings is 1. The molecule has 0 spiro atoms. The van der Waals surface area contributed by atoms with E-state index in [2.05, 4.69) is 30.9 Å². The van der Waals surface area contributed by atoms with Crippen LogP contribution in [0.15, 0.2) is 41.8 Å². The normalized spacial score (nSPS) is 13.9. The number of aromatic nitrogens is 2. The van der Waals surface area contributed by atoms with Gasteiger partial charge in [0.1, 0.15) is 23.9 Å². The molecule has 224 valence electrons. The quantitative estimate of drug-likeness (QED) is 0.0635. The molecule has 2 aromatic rings. The van der Waals surface area contributed by atoms with Crippen LogP contribution in [0.2, 0.25) is 0 Å². The summed E-state index contributed by atoms with van der Waals surface area (Å²) < 4.78 is 0. The third kappa shape index (κ3) is 11.2. The molecular weight excluding hydrogens is 534 g/mol. The Bertz CT molecular complexity index is 1180. The molecule has 0 bridgehead atoms. The number of hydrogen-bond acceptors (Lipinski definition) is 8. The van der Waals surface area contributed by atoms with Gasteiger partial charge in [-0.1, -0.05) is 26.0 Å². The van der Waals surface area contributed by atoms with Crippen molar-refractivity contribution in [1.29, 1.82) is 0 Å². The second-order valence-corrected chi connectivity index (χ2v) is 9.90. The highest BCUT2D eigenvalue weighted by Gasteiger charge is 2.32. The Morgan fingerprint density at radius 1 is 0.976 bits per heavy atom. The number of amides is 3. The van der Waals surface area contributed by atoms with Gasteiger partial charge in [0.2, 0.25) is 17.7 Å². The van der Waals surface area contributed by atoms with E-state index >= 15 is 0 Å². The molecule has 0 radical (unpaired) electrons. The number of H-pyrrole nitrogens is 1. The maximum Gasteiger partial charge on any atom is 0.326 e. The zero-order chi connectivity index (χ0) is 30.5. The van der Waals surface area contributed by atoms with Crippen molar-refractivity contribution in [3.8, 4) is 5.75 Å². The minimum absolute atomic E-state index is 0.0192. The lowest BCUT2D eigenvalue weighted by atomic mass is 10.0. The lowest BCUT2D eigenvalue weighted by Crippen LogP contribution is -2.59. The molecule has 41 heavy (non-hydrogen) atoms. The topological polar surface area (TPSA) is 264 Å². The monoisotopic (exact) mass is 573 g/mol. The van der Waals surface area contributed by atoms with E-state index in [1.165, 1.54) is 24.7 Å². The molecule has 0 saturated carbocycles. The number of phenols is 1. The molecule has 15 heteroatoms. The van der Waals surface area contributed by atoms with Crippen molar-refractivity contribution in [2.24, 2.45) is 28.1 Å². The van der Waals surface area contributed by atoms with Gasteiger partial charge in [-0.15, -0.1) is 0 Å². The van der Waals surface area contributed by atoms with Gasteiger partial charge in [0.15, 0.2) is 5.96 Å². The molecule has 4 unspecified atom stereocenters. The van der Waals surface area contributed by atoms with Crippen LogP contribution in [0.5, 0.6) is 5.75 Å². The zero-order valence-electron chi connectivity index (χ0n) is 23.0. The fourth-order valence-corrected chi connectivity index (χ4v) is 3.87. The Balaban J connectivity index is 2.13. The van der Waals surface area contributed by atoms with E-state index in [0.29, 0.717) is 24.2 Å². The second kappa shape index (κ2) is 15.8.